The number of aromatic nitrogens is 4. The summed E-state index contributed by atoms with van der Waals surface area (Å²) >= 11 is 1.72. The zero-order valence-electron chi connectivity index (χ0n) is 11.4. The highest BCUT2D eigenvalue weighted by molar-refractivity contribution is 7.09. The summed E-state index contributed by atoms with van der Waals surface area (Å²) in [6.07, 6.45) is 3.74. The molecule has 0 saturated carbocycles. The SMILES string of the molecule is Cc1nn(C)cc1-c1ccnc(NCc2cccs2)n1. The van der Waals surface area contributed by atoms with Gasteiger partial charge in [0.05, 0.1) is 17.9 Å². The Morgan fingerprint density at radius 3 is 2.95 bits per heavy atom. The number of nitrogens with zero attached hydrogens (tertiary/aromatic N) is 4. The van der Waals surface area contributed by atoms with Crippen LogP contribution < -0.4 is 5.32 Å². The van der Waals surface area contributed by atoms with Gasteiger partial charge in [-0.2, -0.15) is 5.10 Å². The lowest BCUT2D eigenvalue weighted by Crippen LogP contribution is -2.02. The van der Waals surface area contributed by atoms with Crippen molar-refractivity contribution >= 4 is 17.3 Å². The van der Waals surface area contributed by atoms with Crippen LogP contribution in [0.5, 0.6) is 0 Å². The molecule has 0 aliphatic rings. The van der Waals surface area contributed by atoms with Crippen molar-refractivity contribution in [2.45, 2.75) is 13.5 Å². The van der Waals surface area contributed by atoms with Crippen LogP contribution >= 0.6 is 11.3 Å². The molecule has 1 N–H and O–H groups in total. The third kappa shape index (κ3) is 2.70. The van der Waals surface area contributed by atoms with Gasteiger partial charge in [-0.05, 0) is 24.4 Å². The summed E-state index contributed by atoms with van der Waals surface area (Å²) in [5, 5.41) is 9.65. The van der Waals surface area contributed by atoms with E-state index < -0.39 is 0 Å². The first-order valence-corrected chi connectivity index (χ1v) is 7.20. The fraction of sp³-hybridized carbons (Fsp3) is 0.214. The first-order valence-electron chi connectivity index (χ1n) is 6.32. The van der Waals surface area contributed by atoms with Crippen LogP contribution in [0.25, 0.3) is 11.3 Å². The van der Waals surface area contributed by atoms with E-state index in [2.05, 4.69) is 31.8 Å². The highest BCUT2D eigenvalue weighted by Crippen LogP contribution is 2.20. The molecule has 6 heteroatoms. The van der Waals surface area contributed by atoms with Crippen LogP contribution in [0.4, 0.5) is 5.95 Å². The number of aryl methyl sites for hydroxylation is 2. The molecule has 20 heavy (non-hydrogen) atoms. The Labute approximate surface area is 121 Å². The Bertz CT molecular complexity index is 702. The topological polar surface area (TPSA) is 55.6 Å². The average Bonchev–Trinajstić information content (AvgIpc) is 3.06. The van der Waals surface area contributed by atoms with Gasteiger partial charge in [-0.3, -0.25) is 4.68 Å². The molecule has 0 atom stereocenters. The maximum Gasteiger partial charge on any atom is 0.223 e. The van der Waals surface area contributed by atoms with E-state index in [4.69, 9.17) is 0 Å². The van der Waals surface area contributed by atoms with Gasteiger partial charge in [-0.1, -0.05) is 6.07 Å². The minimum atomic E-state index is 0.638. The molecule has 0 aliphatic carbocycles. The second-order valence-electron chi connectivity index (χ2n) is 4.50. The van der Waals surface area contributed by atoms with E-state index in [0.29, 0.717) is 5.95 Å². The summed E-state index contributed by atoms with van der Waals surface area (Å²) in [6, 6.07) is 6.03. The monoisotopic (exact) mass is 285 g/mol. The quantitative estimate of drug-likeness (QED) is 0.801. The van der Waals surface area contributed by atoms with Crippen LogP contribution in [-0.4, -0.2) is 19.7 Å². The van der Waals surface area contributed by atoms with Crippen LogP contribution in [0.15, 0.2) is 36.0 Å². The van der Waals surface area contributed by atoms with Gasteiger partial charge in [0.15, 0.2) is 0 Å². The number of nitrogens with one attached hydrogen (secondary N) is 1. The standard InChI is InChI=1S/C14H15N5S/c1-10-12(9-19(2)18-10)13-5-6-15-14(17-13)16-8-11-4-3-7-20-11/h3-7,9H,8H2,1-2H3,(H,15,16,17). The van der Waals surface area contributed by atoms with E-state index in [9.17, 15) is 0 Å². The molecule has 5 nitrogen and oxygen atoms in total. The fourth-order valence-electron chi connectivity index (χ4n) is 2.02. The van der Waals surface area contributed by atoms with E-state index >= 15 is 0 Å². The molecule has 3 aromatic rings. The minimum Gasteiger partial charge on any atom is -0.349 e. The molecular weight excluding hydrogens is 270 g/mol. The van der Waals surface area contributed by atoms with Crippen LogP contribution in [0.1, 0.15) is 10.6 Å². The van der Waals surface area contributed by atoms with Gasteiger partial charge in [0.2, 0.25) is 5.95 Å². The van der Waals surface area contributed by atoms with Crippen molar-refractivity contribution in [3.63, 3.8) is 0 Å². The van der Waals surface area contributed by atoms with Crippen LogP contribution in [-0.2, 0) is 13.6 Å². The predicted octanol–water partition coefficient (Wildman–Crippen LogP) is 2.86. The van der Waals surface area contributed by atoms with Gasteiger partial charge in [-0.15, -0.1) is 11.3 Å². The van der Waals surface area contributed by atoms with E-state index in [1.165, 1.54) is 4.88 Å². The van der Waals surface area contributed by atoms with Crippen molar-refractivity contribution in [3.05, 3.63) is 46.5 Å². The van der Waals surface area contributed by atoms with E-state index in [1.54, 1.807) is 22.2 Å². The summed E-state index contributed by atoms with van der Waals surface area (Å²) < 4.78 is 1.80. The predicted molar refractivity (Wildman–Crippen MR) is 80.6 cm³/mol. The van der Waals surface area contributed by atoms with Crippen molar-refractivity contribution in [3.8, 4) is 11.3 Å². The number of anilines is 1. The molecule has 3 heterocycles. The van der Waals surface area contributed by atoms with Crippen LogP contribution in [0, 0.1) is 6.92 Å². The Balaban J connectivity index is 1.80. The summed E-state index contributed by atoms with van der Waals surface area (Å²) in [4.78, 5) is 10.1. The van der Waals surface area contributed by atoms with Crippen molar-refractivity contribution in [1.82, 2.24) is 19.7 Å². The third-order valence-electron chi connectivity index (χ3n) is 2.95. The minimum absolute atomic E-state index is 0.638. The molecule has 0 fully saturated rings. The summed E-state index contributed by atoms with van der Waals surface area (Å²) in [5.74, 6) is 0.638. The summed E-state index contributed by atoms with van der Waals surface area (Å²) in [7, 11) is 1.91. The molecule has 3 aromatic heterocycles. The van der Waals surface area contributed by atoms with Crippen LogP contribution in [0.3, 0.4) is 0 Å². The van der Waals surface area contributed by atoms with Gasteiger partial charge in [-0.25, -0.2) is 9.97 Å². The molecule has 0 amide bonds. The molecule has 0 aromatic carbocycles. The first kappa shape index (κ1) is 12.8. The van der Waals surface area contributed by atoms with E-state index in [0.717, 1.165) is 23.5 Å². The Morgan fingerprint density at radius 2 is 2.25 bits per heavy atom. The Kier molecular flexibility index (Phi) is 3.47. The van der Waals surface area contributed by atoms with E-state index in [1.807, 2.05) is 32.3 Å². The average molecular weight is 285 g/mol. The molecule has 0 unspecified atom stereocenters. The van der Waals surface area contributed by atoms with Crippen molar-refractivity contribution in [2.24, 2.45) is 7.05 Å². The number of hydrogen-bond acceptors (Lipinski definition) is 5. The summed E-state index contributed by atoms with van der Waals surface area (Å²) in [5.41, 5.74) is 2.89. The Morgan fingerprint density at radius 1 is 1.35 bits per heavy atom. The third-order valence-corrected chi connectivity index (χ3v) is 3.82. The van der Waals surface area contributed by atoms with E-state index in [-0.39, 0.29) is 0 Å². The largest absolute Gasteiger partial charge is 0.349 e. The smallest absolute Gasteiger partial charge is 0.223 e. The van der Waals surface area contributed by atoms with Crippen molar-refractivity contribution in [2.75, 3.05) is 5.32 Å². The second kappa shape index (κ2) is 5.42. The van der Waals surface area contributed by atoms with Gasteiger partial charge >= 0.3 is 0 Å². The highest BCUT2D eigenvalue weighted by Gasteiger charge is 2.08. The zero-order valence-corrected chi connectivity index (χ0v) is 12.2. The molecule has 0 aliphatic heterocycles. The molecule has 3 rings (SSSR count). The highest BCUT2D eigenvalue weighted by atomic mass is 32.1. The number of thiophene rings is 1. The van der Waals surface area contributed by atoms with Crippen molar-refractivity contribution in [1.29, 1.82) is 0 Å². The molecular formula is C14H15N5S. The lowest BCUT2D eigenvalue weighted by Gasteiger charge is -2.04. The van der Waals surface area contributed by atoms with Gasteiger partial charge < -0.3 is 5.32 Å². The second-order valence-corrected chi connectivity index (χ2v) is 5.53. The molecule has 102 valence electrons. The molecule has 0 saturated heterocycles. The zero-order chi connectivity index (χ0) is 13.9. The van der Waals surface area contributed by atoms with Gasteiger partial charge in [0.25, 0.3) is 0 Å². The fourth-order valence-corrected chi connectivity index (χ4v) is 2.67. The number of rotatable bonds is 4. The molecule has 0 bridgehead atoms. The molecule has 0 radical (unpaired) electrons. The molecule has 0 spiro atoms. The summed E-state index contributed by atoms with van der Waals surface area (Å²) in [6.45, 7) is 2.73. The lowest BCUT2D eigenvalue weighted by molar-refractivity contribution is 0.756. The number of hydrogen-bond donors (Lipinski definition) is 1. The normalized spacial score (nSPS) is 10.7. The lowest BCUT2D eigenvalue weighted by atomic mass is 10.2. The van der Waals surface area contributed by atoms with Gasteiger partial charge in [0, 0.05) is 29.9 Å². The Hall–Kier alpha value is -2.21. The van der Waals surface area contributed by atoms with Crippen molar-refractivity contribution < 1.29 is 0 Å². The first-order chi connectivity index (χ1) is 9.72. The maximum atomic E-state index is 4.55. The maximum absolute atomic E-state index is 4.55. The van der Waals surface area contributed by atoms with Gasteiger partial charge in [0.1, 0.15) is 0 Å². The van der Waals surface area contributed by atoms with Crippen LogP contribution in [0.2, 0.25) is 0 Å².